The predicted molar refractivity (Wildman–Crippen MR) is 67.6 cm³/mol. The van der Waals surface area contributed by atoms with Gasteiger partial charge < -0.3 is 19.9 Å². The number of nitrogens with one attached hydrogen (secondary N) is 1. The van der Waals surface area contributed by atoms with Gasteiger partial charge in [-0.1, -0.05) is 13.0 Å². The van der Waals surface area contributed by atoms with Gasteiger partial charge in [-0.05, 0) is 31.2 Å². The molecular weight excluding hydrogens is 218 g/mol. The van der Waals surface area contributed by atoms with Gasteiger partial charge in [0.05, 0.1) is 13.7 Å². The Hall–Kier alpha value is -1.26. The molecule has 2 N–H and O–H groups in total. The van der Waals surface area contributed by atoms with E-state index in [0.717, 1.165) is 18.7 Å². The third-order valence-corrected chi connectivity index (χ3v) is 2.39. The van der Waals surface area contributed by atoms with Gasteiger partial charge in [0.25, 0.3) is 0 Å². The quantitative estimate of drug-likeness (QED) is 0.758. The molecule has 4 nitrogen and oxygen atoms in total. The molecule has 0 radical (unpaired) electrons. The van der Waals surface area contributed by atoms with E-state index in [0.29, 0.717) is 11.5 Å². The molecule has 4 heteroatoms. The van der Waals surface area contributed by atoms with Gasteiger partial charge >= 0.3 is 0 Å². The van der Waals surface area contributed by atoms with E-state index in [2.05, 4.69) is 12.2 Å². The van der Waals surface area contributed by atoms with Crippen molar-refractivity contribution in [2.75, 3.05) is 20.3 Å². The highest BCUT2D eigenvalue weighted by atomic mass is 16.5. The number of aliphatic hydroxyl groups excluding tert-OH is 1. The second-order valence-corrected chi connectivity index (χ2v) is 3.88. The van der Waals surface area contributed by atoms with Crippen molar-refractivity contribution in [2.45, 2.75) is 26.5 Å². The minimum absolute atomic E-state index is 0.0133. The molecule has 1 unspecified atom stereocenters. The molecule has 0 aliphatic rings. The van der Waals surface area contributed by atoms with Crippen LogP contribution in [0.2, 0.25) is 0 Å². The lowest BCUT2D eigenvalue weighted by molar-refractivity contribution is 0.126. The molecule has 0 spiro atoms. The zero-order valence-corrected chi connectivity index (χ0v) is 10.7. The van der Waals surface area contributed by atoms with Gasteiger partial charge in [0.2, 0.25) is 0 Å². The maximum Gasteiger partial charge on any atom is 0.162 e. The average molecular weight is 239 g/mol. The molecule has 0 bridgehead atoms. The third kappa shape index (κ3) is 4.24. The summed E-state index contributed by atoms with van der Waals surface area (Å²) in [4.78, 5) is 0. The molecule has 1 rings (SSSR count). The van der Waals surface area contributed by atoms with Crippen molar-refractivity contribution in [1.82, 2.24) is 5.32 Å². The van der Waals surface area contributed by atoms with Gasteiger partial charge in [-0.15, -0.1) is 0 Å². The molecule has 96 valence electrons. The molecule has 17 heavy (non-hydrogen) atoms. The minimum atomic E-state index is -0.238. The Bertz CT molecular complexity index is 341. The molecule has 0 fully saturated rings. The summed E-state index contributed by atoms with van der Waals surface area (Å²) in [5, 5.41) is 12.2. The molecule has 0 amide bonds. The summed E-state index contributed by atoms with van der Waals surface area (Å²) in [6, 6.07) is 5.82. The van der Waals surface area contributed by atoms with Crippen LogP contribution in [0.15, 0.2) is 18.2 Å². The van der Waals surface area contributed by atoms with E-state index in [1.807, 2.05) is 25.1 Å². The highest BCUT2D eigenvalue weighted by molar-refractivity contribution is 5.43. The van der Waals surface area contributed by atoms with Crippen LogP contribution in [-0.4, -0.2) is 31.5 Å². The van der Waals surface area contributed by atoms with Crippen LogP contribution in [-0.2, 0) is 6.54 Å². The highest BCUT2D eigenvalue weighted by Gasteiger charge is 2.09. The molecule has 0 aliphatic heterocycles. The van der Waals surface area contributed by atoms with Crippen LogP contribution in [0.3, 0.4) is 0 Å². The Labute approximate surface area is 103 Å². The monoisotopic (exact) mass is 239 g/mol. The topological polar surface area (TPSA) is 50.7 Å². The summed E-state index contributed by atoms with van der Waals surface area (Å²) in [7, 11) is 1.61. The van der Waals surface area contributed by atoms with E-state index in [9.17, 15) is 0 Å². The average Bonchev–Trinajstić information content (AvgIpc) is 2.36. The first-order valence-corrected chi connectivity index (χ1v) is 5.86. The van der Waals surface area contributed by atoms with Crippen molar-refractivity contribution < 1.29 is 14.6 Å². The van der Waals surface area contributed by atoms with Crippen molar-refractivity contribution >= 4 is 0 Å². The van der Waals surface area contributed by atoms with E-state index in [-0.39, 0.29) is 12.7 Å². The first kappa shape index (κ1) is 13.8. The van der Waals surface area contributed by atoms with E-state index in [1.54, 1.807) is 7.11 Å². The van der Waals surface area contributed by atoms with Crippen molar-refractivity contribution in [1.29, 1.82) is 0 Å². The Morgan fingerprint density at radius 1 is 1.35 bits per heavy atom. The third-order valence-electron chi connectivity index (χ3n) is 2.39. The minimum Gasteiger partial charge on any atom is -0.493 e. The summed E-state index contributed by atoms with van der Waals surface area (Å²) in [5.41, 5.74) is 1.13. The van der Waals surface area contributed by atoms with E-state index in [1.165, 1.54) is 0 Å². The maximum atomic E-state index is 8.99. The molecular formula is C13H21NO3. The standard InChI is InChI=1S/C13H21NO3/c1-4-14-8-11-5-6-12(16-3)13(7-11)17-10(2)9-15/h5-7,10,14-15H,4,8-9H2,1-3H3. The number of rotatable bonds is 7. The fourth-order valence-corrected chi connectivity index (χ4v) is 1.45. The number of methoxy groups -OCH3 is 1. The molecule has 0 aromatic heterocycles. The molecule has 0 saturated carbocycles. The highest BCUT2D eigenvalue weighted by Crippen LogP contribution is 2.28. The van der Waals surface area contributed by atoms with Gasteiger partial charge in [-0.2, -0.15) is 0 Å². The molecule has 0 saturated heterocycles. The summed E-state index contributed by atoms with van der Waals surface area (Å²) < 4.78 is 10.8. The van der Waals surface area contributed by atoms with Gasteiger partial charge in [-0.3, -0.25) is 0 Å². The number of benzene rings is 1. The maximum absolute atomic E-state index is 8.99. The summed E-state index contributed by atoms with van der Waals surface area (Å²) in [6.45, 7) is 5.59. The van der Waals surface area contributed by atoms with Crippen LogP contribution < -0.4 is 14.8 Å². The van der Waals surface area contributed by atoms with Gasteiger partial charge in [0, 0.05) is 6.54 Å². The Morgan fingerprint density at radius 3 is 2.71 bits per heavy atom. The summed E-state index contributed by atoms with van der Waals surface area (Å²) in [6.07, 6.45) is -0.238. The fourth-order valence-electron chi connectivity index (χ4n) is 1.45. The first-order chi connectivity index (χ1) is 8.21. The van der Waals surface area contributed by atoms with Crippen molar-refractivity contribution in [3.8, 4) is 11.5 Å². The zero-order valence-electron chi connectivity index (χ0n) is 10.7. The van der Waals surface area contributed by atoms with Crippen molar-refractivity contribution in [3.63, 3.8) is 0 Å². The van der Waals surface area contributed by atoms with Gasteiger partial charge in [0.1, 0.15) is 6.10 Å². The normalized spacial score (nSPS) is 12.2. The number of hydrogen-bond donors (Lipinski definition) is 2. The summed E-state index contributed by atoms with van der Waals surface area (Å²) in [5.74, 6) is 1.36. The Kier molecular flexibility index (Phi) is 5.80. The Balaban J connectivity index is 2.82. The number of hydrogen-bond acceptors (Lipinski definition) is 4. The lowest BCUT2D eigenvalue weighted by atomic mass is 10.2. The second kappa shape index (κ2) is 7.14. The van der Waals surface area contributed by atoms with Gasteiger partial charge in [0.15, 0.2) is 11.5 Å². The predicted octanol–water partition coefficient (Wildman–Crippen LogP) is 1.56. The smallest absolute Gasteiger partial charge is 0.162 e. The van der Waals surface area contributed by atoms with Crippen molar-refractivity contribution in [2.24, 2.45) is 0 Å². The van der Waals surface area contributed by atoms with E-state index in [4.69, 9.17) is 14.6 Å². The molecule has 1 atom stereocenters. The zero-order chi connectivity index (χ0) is 12.7. The van der Waals surface area contributed by atoms with E-state index < -0.39 is 0 Å². The summed E-state index contributed by atoms with van der Waals surface area (Å²) >= 11 is 0. The van der Waals surface area contributed by atoms with Crippen LogP contribution in [0.5, 0.6) is 11.5 Å². The van der Waals surface area contributed by atoms with E-state index >= 15 is 0 Å². The molecule has 0 heterocycles. The van der Waals surface area contributed by atoms with Crippen LogP contribution >= 0.6 is 0 Å². The number of aliphatic hydroxyl groups is 1. The largest absolute Gasteiger partial charge is 0.493 e. The second-order valence-electron chi connectivity index (χ2n) is 3.88. The molecule has 1 aromatic carbocycles. The van der Waals surface area contributed by atoms with Crippen LogP contribution in [0.25, 0.3) is 0 Å². The lowest BCUT2D eigenvalue weighted by Crippen LogP contribution is -2.17. The van der Waals surface area contributed by atoms with Crippen LogP contribution in [0.4, 0.5) is 0 Å². The molecule has 0 aliphatic carbocycles. The lowest BCUT2D eigenvalue weighted by Gasteiger charge is -2.16. The van der Waals surface area contributed by atoms with Gasteiger partial charge in [-0.25, -0.2) is 0 Å². The first-order valence-electron chi connectivity index (χ1n) is 5.86. The van der Waals surface area contributed by atoms with Crippen molar-refractivity contribution in [3.05, 3.63) is 23.8 Å². The fraction of sp³-hybridized carbons (Fsp3) is 0.538. The number of ether oxygens (including phenoxy) is 2. The Morgan fingerprint density at radius 2 is 2.12 bits per heavy atom. The SMILES string of the molecule is CCNCc1ccc(OC)c(OC(C)CO)c1. The molecule has 1 aromatic rings. The van der Waals surface area contributed by atoms with Crippen LogP contribution in [0, 0.1) is 0 Å². The van der Waals surface area contributed by atoms with Crippen LogP contribution in [0.1, 0.15) is 19.4 Å².